The van der Waals surface area contributed by atoms with Crippen molar-refractivity contribution in [3.05, 3.63) is 29.3 Å². The van der Waals surface area contributed by atoms with Crippen LogP contribution >= 0.6 is 0 Å². The number of alkyl halides is 3. The number of hydrogen-bond donors (Lipinski definition) is 1. The monoisotopic (exact) mass is 398 g/mol. The SMILES string of the molecule is CC(C)(C)OC(=O)CO[C@H]1CC[C@H](Nc2ccc(C#N)c(C(F)(F)F)c2)CC1. The summed E-state index contributed by atoms with van der Waals surface area (Å²) >= 11 is 0. The number of rotatable bonds is 5. The Morgan fingerprint density at radius 3 is 2.39 bits per heavy atom. The quantitative estimate of drug-likeness (QED) is 0.731. The Kier molecular flexibility index (Phi) is 6.94. The molecule has 5 nitrogen and oxygen atoms in total. The van der Waals surface area contributed by atoms with E-state index in [9.17, 15) is 18.0 Å². The van der Waals surface area contributed by atoms with Gasteiger partial charge in [-0.3, -0.25) is 0 Å². The highest BCUT2D eigenvalue weighted by Crippen LogP contribution is 2.34. The summed E-state index contributed by atoms with van der Waals surface area (Å²) in [5.41, 5.74) is -1.55. The summed E-state index contributed by atoms with van der Waals surface area (Å²) in [6.07, 6.45) is -1.83. The molecule has 1 N–H and O–H groups in total. The molecule has 1 aliphatic carbocycles. The van der Waals surface area contributed by atoms with Gasteiger partial charge in [0, 0.05) is 11.7 Å². The number of nitriles is 1. The fourth-order valence-corrected chi connectivity index (χ4v) is 3.13. The standard InChI is InChI=1S/C20H25F3N2O3/c1-19(2,3)28-18(26)12-27-16-8-6-14(7-9-16)25-15-5-4-13(11-24)17(10-15)20(21,22)23/h4-5,10,14,16,25H,6-9,12H2,1-3H3/t14-,16-. The average molecular weight is 398 g/mol. The Bertz CT molecular complexity index is 728. The highest BCUT2D eigenvalue weighted by Gasteiger charge is 2.34. The smallest absolute Gasteiger partial charge is 0.417 e. The van der Waals surface area contributed by atoms with Gasteiger partial charge in [0.2, 0.25) is 0 Å². The number of nitrogens with zero attached hydrogens (tertiary/aromatic N) is 1. The Morgan fingerprint density at radius 2 is 1.86 bits per heavy atom. The normalized spacial score (nSPS) is 20.3. The van der Waals surface area contributed by atoms with E-state index in [1.54, 1.807) is 26.8 Å². The highest BCUT2D eigenvalue weighted by molar-refractivity contribution is 5.71. The molecule has 1 saturated carbocycles. The molecule has 0 saturated heterocycles. The number of hydrogen-bond acceptors (Lipinski definition) is 5. The van der Waals surface area contributed by atoms with Gasteiger partial charge in [0.25, 0.3) is 0 Å². The number of benzene rings is 1. The molecule has 2 rings (SSSR count). The van der Waals surface area contributed by atoms with Crippen molar-refractivity contribution in [1.82, 2.24) is 0 Å². The molecule has 0 amide bonds. The van der Waals surface area contributed by atoms with E-state index in [4.69, 9.17) is 14.7 Å². The van der Waals surface area contributed by atoms with Crippen molar-refractivity contribution in [2.45, 2.75) is 70.4 Å². The number of nitrogens with one attached hydrogen (secondary N) is 1. The first-order valence-electron chi connectivity index (χ1n) is 9.19. The van der Waals surface area contributed by atoms with Crippen LogP contribution in [0.4, 0.5) is 18.9 Å². The van der Waals surface area contributed by atoms with Crippen LogP contribution in [0.3, 0.4) is 0 Å². The maximum Gasteiger partial charge on any atom is 0.417 e. The number of carbonyl (C=O) groups is 1. The Hall–Kier alpha value is -2.27. The highest BCUT2D eigenvalue weighted by atomic mass is 19.4. The molecule has 0 radical (unpaired) electrons. The Balaban J connectivity index is 1.85. The van der Waals surface area contributed by atoms with E-state index in [0.717, 1.165) is 6.07 Å². The molecule has 0 spiro atoms. The van der Waals surface area contributed by atoms with Crippen LogP contribution in [0.15, 0.2) is 18.2 Å². The lowest BCUT2D eigenvalue weighted by Crippen LogP contribution is -2.32. The van der Waals surface area contributed by atoms with Gasteiger partial charge < -0.3 is 14.8 Å². The van der Waals surface area contributed by atoms with Crippen molar-refractivity contribution in [2.75, 3.05) is 11.9 Å². The molecule has 154 valence electrons. The van der Waals surface area contributed by atoms with Gasteiger partial charge in [-0.1, -0.05) is 0 Å². The Morgan fingerprint density at radius 1 is 1.21 bits per heavy atom. The number of ether oxygens (including phenoxy) is 2. The lowest BCUT2D eigenvalue weighted by Gasteiger charge is -2.30. The van der Waals surface area contributed by atoms with Crippen molar-refractivity contribution >= 4 is 11.7 Å². The molecular formula is C20H25F3N2O3. The van der Waals surface area contributed by atoms with Crippen LogP contribution in [0.25, 0.3) is 0 Å². The van der Waals surface area contributed by atoms with Gasteiger partial charge in [0.15, 0.2) is 0 Å². The van der Waals surface area contributed by atoms with Crippen molar-refractivity contribution < 1.29 is 27.4 Å². The first-order chi connectivity index (χ1) is 13.0. The fraction of sp³-hybridized carbons (Fsp3) is 0.600. The second-order valence-corrected chi connectivity index (χ2v) is 7.89. The van der Waals surface area contributed by atoms with E-state index in [2.05, 4.69) is 5.32 Å². The zero-order valence-electron chi connectivity index (χ0n) is 16.2. The van der Waals surface area contributed by atoms with Crippen LogP contribution in [0.1, 0.15) is 57.6 Å². The first-order valence-corrected chi connectivity index (χ1v) is 9.19. The maximum absolute atomic E-state index is 13.1. The second kappa shape index (κ2) is 8.82. The summed E-state index contributed by atoms with van der Waals surface area (Å²) in [5.74, 6) is -0.412. The van der Waals surface area contributed by atoms with E-state index in [1.807, 2.05) is 0 Å². The molecule has 1 aromatic rings. The van der Waals surface area contributed by atoms with Crippen LogP contribution in [-0.2, 0) is 20.4 Å². The molecule has 1 aliphatic rings. The van der Waals surface area contributed by atoms with Crippen LogP contribution in [0, 0.1) is 11.3 Å². The molecule has 0 unspecified atom stereocenters. The van der Waals surface area contributed by atoms with Gasteiger partial charge in [-0.2, -0.15) is 18.4 Å². The molecule has 28 heavy (non-hydrogen) atoms. The average Bonchev–Trinajstić information content (AvgIpc) is 2.59. The predicted molar refractivity (Wildman–Crippen MR) is 97.6 cm³/mol. The molecule has 0 aromatic heterocycles. The van der Waals surface area contributed by atoms with E-state index >= 15 is 0 Å². The van der Waals surface area contributed by atoms with Crippen molar-refractivity contribution in [3.63, 3.8) is 0 Å². The third-order valence-electron chi connectivity index (χ3n) is 4.35. The zero-order valence-corrected chi connectivity index (χ0v) is 16.2. The minimum Gasteiger partial charge on any atom is -0.458 e. The molecule has 0 bridgehead atoms. The second-order valence-electron chi connectivity index (χ2n) is 7.89. The summed E-state index contributed by atoms with van der Waals surface area (Å²) in [6, 6.07) is 5.23. The van der Waals surface area contributed by atoms with E-state index in [0.29, 0.717) is 31.4 Å². The molecular weight excluding hydrogens is 373 g/mol. The van der Waals surface area contributed by atoms with Gasteiger partial charge in [-0.05, 0) is 64.7 Å². The van der Waals surface area contributed by atoms with Gasteiger partial charge in [-0.25, -0.2) is 4.79 Å². The summed E-state index contributed by atoms with van der Waals surface area (Å²) in [5, 5.41) is 12.0. The fourth-order valence-electron chi connectivity index (χ4n) is 3.13. The van der Waals surface area contributed by atoms with E-state index in [-0.39, 0.29) is 18.8 Å². The minimum atomic E-state index is -4.57. The number of halogens is 3. The topological polar surface area (TPSA) is 71.3 Å². The van der Waals surface area contributed by atoms with Crippen LogP contribution in [-0.4, -0.2) is 30.3 Å². The number of anilines is 1. The van der Waals surface area contributed by atoms with Crippen LogP contribution in [0.5, 0.6) is 0 Å². The summed E-state index contributed by atoms with van der Waals surface area (Å²) < 4.78 is 50.0. The van der Waals surface area contributed by atoms with Gasteiger partial charge in [0.1, 0.15) is 12.2 Å². The van der Waals surface area contributed by atoms with Crippen molar-refractivity contribution in [1.29, 1.82) is 5.26 Å². The van der Waals surface area contributed by atoms with E-state index in [1.165, 1.54) is 12.1 Å². The first kappa shape index (κ1) is 22.0. The minimum absolute atomic E-state index is 0.00963. The lowest BCUT2D eigenvalue weighted by atomic mass is 9.92. The molecule has 0 aliphatic heterocycles. The zero-order chi connectivity index (χ0) is 20.9. The lowest BCUT2D eigenvalue weighted by molar-refractivity contribution is -0.162. The van der Waals surface area contributed by atoms with E-state index < -0.39 is 28.9 Å². The van der Waals surface area contributed by atoms with Gasteiger partial charge in [0.05, 0.1) is 23.3 Å². The Labute approximate surface area is 162 Å². The molecule has 0 heterocycles. The summed E-state index contributed by atoms with van der Waals surface area (Å²) in [7, 11) is 0. The summed E-state index contributed by atoms with van der Waals surface area (Å²) in [4.78, 5) is 11.7. The predicted octanol–water partition coefficient (Wildman–Crippen LogP) is 4.66. The van der Waals surface area contributed by atoms with Crippen LogP contribution in [0.2, 0.25) is 0 Å². The molecule has 0 atom stereocenters. The van der Waals surface area contributed by atoms with Crippen LogP contribution < -0.4 is 5.32 Å². The van der Waals surface area contributed by atoms with Crippen molar-refractivity contribution in [2.24, 2.45) is 0 Å². The van der Waals surface area contributed by atoms with Crippen molar-refractivity contribution in [3.8, 4) is 6.07 Å². The third-order valence-corrected chi connectivity index (χ3v) is 4.35. The molecule has 8 heteroatoms. The van der Waals surface area contributed by atoms with Gasteiger partial charge in [-0.15, -0.1) is 0 Å². The third kappa shape index (κ3) is 6.71. The maximum atomic E-state index is 13.1. The summed E-state index contributed by atoms with van der Waals surface area (Å²) in [6.45, 7) is 5.25. The van der Waals surface area contributed by atoms with Gasteiger partial charge >= 0.3 is 12.1 Å². The molecule has 1 aromatic carbocycles. The largest absolute Gasteiger partial charge is 0.458 e. The number of esters is 1. The molecule has 1 fully saturated rings. The number of carbonyl (C=O) groups excluding carboxylic acids is 1.